The van der Waals surface area contributed by atoms with Gasteiger partial charge in [0.05, 0.1) is 5.56 Å². The van der Waals surface area contributed by atoms with Crippen LogP contribution in [-0.2, 0) is 11.7 Å². The predicted molar refractivity (Wildman–Crippen MR) is 74.5 cm³/mol. The number of alkyl halides is 3. The maximum absolute atomic E-state index is 13.2. The summed E-state index contributed by atoms with van der Waals surface area (Å²) >= 11 is 0. The van der Waals surface area contributed by atoms with Crippen LogP contribution >= 0.6 is 0 Å². The van der Waals surface area contributed by atoms with Gasteiger partial charge in [0.15, 0.2) is 0 Å². The van der Waals surface area contributed by atoms with Crippen LogP contribution in [0.5, 0.6) is 0 Å². The third-order valence-corrected chi connectivity index (χ3v) is 4.05. The van der Waals surface area contributed by atoms with Gasteiger partial charge >= 0.3 is 6.18 Å². The lowest BCUT2D eigenvalue weighted by Gasteiger charge is -2.33. The average Bonchev–Trinajstić information content (AvgIpc) is 3.19. The zero-order valence-electron chi connectivity index (χ0n) is 12.1. The molecule has 0 spiro atoms. The van der Waals surface area contributed by atoms with Gasteiger partial charge in [0, 0.05) is 5.54 Å². The number of benzene rings is 1. The number of hydrogen-bond donors (Lipinski definition) is 0. The first-order valence-corrected chi connectivity index (χ1v) is 7.37. The average molecular weight is 285 g/mol. The van der Waals surface area contributed by atoms with Gasteiger partial charge in [-0.1, -0.05) is 32.0 Å². The fourth-order valence-corrected chi connectivity index (χ4v) is 3.09. The molecule has 0 saturated heterocycles. The molecule has 1 saturated carbocycles. The molecule has 0 amide bonds. The molecule has 0 heterocycles. The molecule has 0 bridgehead atoms. The Kier molecular flexibility index (Phi) is 4.43. The summed E-state index contributed by atoms with van der Waals surface area (Å²) in [5, 5.41) is 0. The second-order valence-corrected chi connectivity index (χ2v) is 5.56. The van der Waals surface area contributed by atoms with E-state index in [-0.39, 0.29) is 5.54 Å². The summed E-state index contributed by atoms with van der Waals surface area (Å²) in [5.41, 5.74) is -0.373. The van der Waals surface area contributed by atoms with E-state index in [1.165, 1.54) is 12.1 Å². The SMILES string of the molecule is CCCN(CCC)C1(c2ccccc2C(F)(F)F)CC1. The van der Waals surface area contributed by atoms with E-state index in [0.29, 0.717) is 5.56 Å². The summed E-state index contributed by atoms with van der Waals surface area (Å²) in [6.45, 7) is 5.88. The number of halogens is 3. The highest BCUT2D eigenvalue weighted by molar-refractivity contribution is 5.39. The van der Waals surface area contributed by atoms with Crippen molar-refractivity contribution in [3.05, 3.63) is 35.4 Å². The van der Waals surface area contributed by atoms with Crippen LogP contribution in [0.4, 0.5) is 13.2 Å². The fraction of sp³-hybridized carbons (Fsp3) is 0.625. The normalized spacial score (nSPS) is 17.5. The topological polar surface area (TPSA) is 3.24 Å². The summed E-state index contributed by atoms with van der Waals surface area (Å²) < 4.78 is 39.7. The minimum absolute atomic E-state index is 0.377. The Bertz CT molecular complexity index is 443. The molecule has 0 aliphatic heterocycles. The van der Waals surface area contributed by atoms with Crippen molar-refractivity contribution in [1.82, 2.24) is 4.90 Å². The first-order valence-electron chi connectivity index (χ1n) is 7.37. The van der Waals surface area contributed by atoms with E-state index < -0.39 is 11.7 Å². The van der Waals surface area contributed by atoms with E-state index in [9.17, 15) is 13.2 Å². The van der Waals surface area contributed by atoms with Gasteiger partial charge in [0.2, 0.25) is 0 Å². The van der Waals surface area contributed by atoms with Crippen molar-refractivity contribution in [2.75, 3.05) is 13.1 Å². The van der Waals surface area contributed by atoms with Crippen molar-refractivity contribution < 1.29 is 13.2 Å². The number of hydrogen-bond acceptors (Lipinski definition) is 1. The second kappa shape index (κ2) is 5.76. The minimum Gasteiger partial charge on any atom is -0.294 e. The van der Waals surface area contributed by atoms with Gasteiger partial charge in [0.25, 0.3) is 0 Å². The summed E-state index contributed by atoms with van der Waals surface area (Å²) in [5.74, 6) is 0. The highest BCUT2D eigenvalue weighted by atomic mass is 19.4. The molecule has 1 nitrogen and oxygen atoms in total. The highest BCUT2D eigenvalue weighted by Crippen LogP contribution is 2.54. The molecule has 0 unspecified atom stereocenters. The van der Waals surface area contributed by atoms with Crippen molar-refractivity contribution in [2.45, 2.75) is 51.2 Å². The second-order valence-electron chi connectivity index (χ2n) is 5.56. The van der Waals surface area contributed by atoms with Crippen molar-refractivity contribution >= 4 is 0 Å². The van der Waals surface area contributed by atoms with Crippen molar-refractivity contribution in [1.29, 1.82) is 0 Å². The molecule has 20 heavy (non-hydrogen) atoms. The lowest BCUT2D eigenvalue weighted by molar-refractivity contribution is -0.139. The minimum atomic E-state index is -4.27. The molecule has 1 aromatic carbocycles. The van der Waals surface area contributed by atoms with Crippen LogP contribution in [-0.4, -0.2) is 18.0 Å². The number of nitrogens with zero attached hydrogens (tertiary/aromatic N) is 1. The third-order valence-electron chi connectivity index (χ3n) is 4.05. The maximum Gasteiger partial charge on any atom is 0.416 e. The largest absolute Gasteiger partial charge is 0.416 e. The quantitative estimate of drug-likeness (QED) is 0.724. The van der Waals surface area contributed by atoms with Crippen LogP contribution < -0.4 is 0 Å². The van der Waals surface area contributed by atoms with Gasteiger partial charge in [0.1, 0.15) is 0 Å². The molecule has 0 N–H and O–H groups in total. The first-order chi connectivity index (χ1) is 9.45. The molecule has 1 aliphatic carbocycles. The van der Waals surface area contributed by atoms with Crippen LogP contribution in [0.2, 0.25) is 0 Å². The maximum atomic E-state index is 13.2. The smallest absolute Gasteiger partial charge is 0.294 e. The Hall–Kier alpha value is -1.03. The van der Waals surface area contributed by atoms with Crippen molar-refractivity contribution in [2.24, 2.45) is 0 Å². The third kappa shape index (κ3) is 2.85. The lowest BCUT2D eigenvalue weighted by Crippen LogP contribution is -2.38. The Morgan fingerprint density at radius 1 is 1.05 bits per heavy atom. The summed E-state index contributed by atoms with van der Waals surface area (Å²) in [7, 11) is 0. The van der Waals surface area contributed by atoms with E-state index in [4.69, 9.17) is 0 Å². The van der Waals surface area contributed by atoms with Gasteiger partial charge in [-0.2, -0.15) is 13.2 Å². The molecule has 4 heteroatoms. The predicted octanol–water partition coefficient (Wildman–Crippen LogP) is 4.82. The molecule has 0 aromatic heterocycles. The van der Waals surface area contributed by atoms with E-state index in [1.54, 1.807) is 12.1 Å². The van der Waals surface area contributed by atoms with E-state index in [0.717, 1.165) is 38.8 Å². The van der Waals surface area contributed by atoms with Crippen LogP contribution in [0.3, 0.4) is 0 Å². The summed E-state index contributed by atoms with van der Waals surface area (Å²) in [6, 6.07) is 6.08. The van der Waals surface area contributed by atoms with Gasteiger partial charge in [-0.25, -0.2) is 0 Å². The Morgan fingerprint density at radius 2 is 1.60 bits per heavy atom. The molecular formula is C16H22F3N. The zero-order valence-corrected chi connectivity index (χ0v) is 12.1. The molecule has 1 fully saturated rings. The molecule has 112 valence electrons. The molecule has 0 radical (unpaired) electrons. The van der Waals surface area contributed by atoms with Crippen LogP contribution in [0.15, 0.2) is 24.3 Å². The monoisotopic (exact) mass is 285 g/mol. The van der Waals surface area contributed by atoms with Gasteiger partial charge in [-0.3, -0.25) is 4.90 Å². The number of rotatable bonds is 6. The Labute approximate surface area is 118 Å². The molecule has 0 atom stereocenters. The van der Waals surface area contributed by atoms with E-state index in [2.05, 4.69) is 18.7 Å². The fourth-order valence-electron chi connectivity index (χ4n) is 3.09. The molecule has 2 rings (SSSR count). The van der Waals surface area contributed by atoms with Crippen LogP contribution in [0, 0.1) is 0 Å². The molecule has 1 aliphatic rings. The molecular weight excluding hydrogens is 263 g/mol. The van der Waals surface area contributed by atoms with E-state index >= 15 is 0 Å². The lowest BCUT2D eigenvalue weighted by atomic mass is 9.96. The summed E-state index contributed by atoms with van der Waals surface area (Å²) in [4.78, 5) is 2.25. The standard InChI is InChI=1S/C16H22F3N/c1-3-11-20(12-4-2)15(9-10-15)13-7-5-6-8-14(13)16(17,18)19/h5-8H,3-4,9-12H2,1-2H3. The van der Waals surface area contributed by atoms with Crippen molar-refractivity contribution in [3.63, 3.8) is 0 Å². The zero-order chi connectivity index (χ0) is 14.8. The molecule has 1 aromatic rings. The highest BCUT2D eigenvalue weighted by Gasteiger charge is 2.52. The van der Waals surface area contributed by atoms with Crippen molar-refractivity contribution in [3.8, 4) is 0 Å². The van der Waals surface area contributed by atoms with Gasteiger partial charge in [-0.05, 0) is 50.4 Å². The first kappa shape index (κ1) is 15.4. The Balaban J connectivity index is 2.39. The summed E-state index contributed by atoms with van der Waals surface area (Å²) in [6.07, 6.45) is -0.664. The van der Waals surface area contributed by atoms with Crippen LogP contribution in [0.25, 0.3) is 0 Å². The van der Waals surface area contributed by atoms with Crippen LogP contribution in [0.1, 0.15) is 50.7 Å². The van der Waals surface area contributed by atoms with E-state index in [1.807, 2.05) is 0 Å². The van der Waals surface area contributed by atoms with Gasteiger partial charge < -0.3 is 0 Å². The van der Waals surface area contributed by atoms with Gasteiger partial charge in [-0.15, -0.1) is 0 Å². The Morgan fingerprint density at radius 3 is 2.05 bits per heavy atom.